The zero-order valence-corrected chi connectivity index (χ0v) is 19.2. The van der Waals surface area contributed by atoms with Crippen LogP contribution in [0, 0.1) is 0 Å². The summed E-state index contributed by atoms with van der Waals surface area (Å²) in [6.07, 6.45) is -0.461. The summed E-state index contributed by atoms with van der Waals surface area (Å²) in [5, 5.41) is 9.07. The fourth-order valence-electron chi connectivity index (χ4n) is 3.49. The minimum Gasteiger partial charge on any atom is -0.378 e. The van der Waals surface area contributed by atoms with Gasteiger partial charge in [0.15, 0.2) is 0 Å². The number of aromatic nitrogens is 2. The first-order valence-electron chi connectivity index (χ1n) is 11.1. The molecule has 2 aromatic rings. The Labute approximate surface area is 196 Å². The number of nitrogens with one attached hydrogen (secondary N) is 2. The van der Waals surface area contributed by atoms with Crippen LogP contribution in [-0.2, 0) is 9.53 Å². The van der Waals surface area contributed by atoms with E-state index in [4.69, 9.17) is 9.26 Å². The first-order valence-corrected chi connectivity index (χ1v) is 11.1. The Morgan fingerprint density at radius 2 is 1.85 bits per heavy atom. The van der Waals surface area contributed by atoms with Gasteiger partial charge >= 0.3 is 6.03 Å². The van der Waals surface area contributed by atoms with Gasteiger partial charge in [0.1, 0.15) is 6.04 Å². The number of urea groups is 1. The molecule has 2 atom stereocenters. The number of hydrogen-bond donors (Lipinski definition) is 2. The second-order valence-corrected chi connectivity index (χ2v) is 8.16. The third-order valence-corrected chi connectivity index (χ3v) is 5.35. The predicted molar refractivity (Wildman–Crippen MR) is 121 cm³/mol. The van der Waals surface area contributed by atoms with Crippen molar-refractivity contribution in [3.63, 3.8) is 0 Å². The summed E-state index contributed by atoms with van der Waals surface area (Å²) in [5.41, 5.74) is 1.09. The number of amides is 3. The average Bonchev–Trinajstić information content (AvgIpc) is 3.32. The number of nitrogens with zero attached hydrogens (tertiary/aromatic N) is 3. The van der Waals surface area contributed by atoms with Crippen molar-refractivity contribution in [2.75, 3.05) is 26.3 Å². The molecule has 0 saturated carbocycles. The molecule has 184 valence electrons. The lowest BCUT2D eigenvalue weighted by Gasteiger charge is -2.30. The molecule has 3 amide bonds. The summed E-state index contributed by atoms with van der Waals surface area (Å²) in [6, 6.07) is 6.48. The van der Waals surface area contributed by atoms with Crippen LogP contribution in [0.3, 0.4) is 0 Å². The molecular weight excluding hydrogens is 448 g/mol. The van der Waals surface area contributed by atoms with E-state index in [0.717, 1.165) is 5.56 Å². The van der Waals surface area contributed by atoms with Crippen LogP contribution in [0.5, 0.6) is 0 Å². The highest BCUT2D eigenvalue weighted by atomic mass is 19.3. The summed E-state index contributed by atoms with van der Waals surface area (Å²) in [6.45, 7) is 7.78. The molecule has 0 unspecified atom stereocenters. The molecule has 9 nitrogen and oxygen atoms in total. The van der Waals surface area contributed by atoms with E-state index in [-0.39, 0.29) is 5.89 Å². The average molecular weight is 478 g/mol. The van der Waals surface area contributed by atoms with Crippen molar-refractivity contribution in [2.24, 2.45) is 0 Å². The largest absolute Gasteiger partial charge is 0.378 e. The minimum atomic E-state index is -3.17. The lowest BCUT2D eigenvalue weighted by atomic mass is 10.0. The number of carbonyl (C=O) groups is 2. The second kappa shape index (κ2) is 11.2. The molecule has 0 bridgehead atoms. The normalized spacial score (nSPS) is 15.9. The molecule has 2 heterocycles. The summed E-state index contributed by atoms with van der Waals surface area (Å²) >= 11 is 0. The molecule has 0 radical (unpaired) electrons. The highest BCUT2D eigenvalue weighted by Crippen LogP contribution is 2.23. The molecule has 1 saturated heterocycles. The first kappa shape index (κ1) is 25.3. The number of hydrogen-bond acceptors (Lipinski definition) is 6. The van der Waals surface area contributed by atoms with Gasteiger partial charge in [-0.05, 0) is 13.3 Å². The number of morpholine rings is 1. The van der Waals surface area contributed by atoms with Crippen molar-refractivity contribution in [3.8, 4) is 11.4 Å². The number of halogens is 2. The lowest BCUT2D eigenvalue weighted by Crippen LogP contribution is -2.55. The summed E-state index contributed by atoms with van der Waals surface area (Å²) in [5.74, 6) is -3.44. The maximum absolute atomic E-state index is 13.8. The van der Waals surface area contributed by atoms with Crippen LogP contribution >= 0.6 is 0 Å². The standard InChI is InChI=1S/C23H29F2N5O4/c1-4-17(15(2)21-28-19(29-34-21)16-8-6-5-7-9-16)26-20(31)18(14-23(3,24)25)27-22(32)30-10-12-33-13-11-30/h5-9,17-18H,2,4,10-14H2,1,3H3,(H,26,31)(H,27,32)/t17-,18-/m0/s1. The van der Waals surface area contributed by atoms with Crippen molar-refractivity contribution in [1.82, 2.24) is 25.7 Å². The Balaban J connectivity index is 1.69. The van der Waals surface area contributed by atoms with Gasteiger partial charge in [-0.15, -0.1) is 0 Å². The molecule has 3 rings (SSSR count). The van der Waals surface area contributed by atoms with Crippen LogP contribution in [0.2, 0.25) is 0 Å². The van der Waals surface area contributed by atoms with Crippen LogP contribution in [0.15, 0.2) is 41.4 Å². The number of ether oxygens (including phenoxy) is 1. The first-order chi connectivity index (χ1) is 16.2. The number of alkyl halides is 2. The highest BCUT2D eigenvalue weighted by Gasteiger charge is 2.35. The molecule has 0 aliphatic carbocycles. The topological polar surface area (TPSA) is 110 Å². The Morgan fingerprint density at radius 3 is 2.47 bits per heavy atom. The van der Waals surface area contributed by atoms with Crippen LogP contribution in [0.1, 0.15) is 32.6 Å². The monoisotopic (exact) mass is 477 g/mol. The van der Waals surface area contributed by atoms with Gasteiger partial charge in [0.2, 0.25) is 17.7 Å². The molecule has 34 heavy (non-hydrogen) atoms. The maximum Gasteiger partial charge on any atom is 0.318 e. The van der Waals surface area contributed by atoms with Crippen LogP contribution in [0.4, 0.5) is 13.6 Å². The van der Waals surface area contributed by atoms with Gasteiger partial charge in [-0.25, -0.2) is 13.6 Å². The van der Waals surface area contributed by atoms with Crippen LogP contribution in [0.25, 0.3) is 17.0 Å². The van der Waals surface area contributed by atoms with Gasteiger partial charge in [-0.1, -0.05) is 49.0 Å². The van der Waals surface area contributed by atoms with Crippen molar-refractivity contribution < 1.29 is 27.6 Å². The SMILES string of the molecule is C=C(c1nc(-c2ccccc2)no1)[C@H](CC)NC(=O)[C@H](CC(C)(F)F)NC(=O)N1CCOCC1. The number of benzene rings is 1. The van der Waals surface area contributed by atoms with Gasteiger partial charge in [-0.2, -0.15) is 4.98 Å². The molecule has 1 aliphatic rings. The van der Waals surface area contributed by atoms with Gasteiger partial charge in [0, 0.05) is 30.6 Å². The van der Waals surface area contributed by atoms with Gasteiger partial charge < -0.3 is 24.8 Å². The van der Waals surface area contributed by atoms with Crippen molar-refractivity contribution in [2.45, 2.75) is 44.7 Å². The van der Waals surface area contributed by atoms with Gasteiger partial charge in [-0.3, -0.25) is 4.79 Å². The molecule has 1 aromatic heterocycles. The zero-order chi connectivity index (χ0) is 24.7. The summed E-state index contributed by atoms with van der Waals surface area (Å²) in [7, 11) is 0. The fourth-order valence-corrected chi connectivity index (χ4v) is 3.49. The van der Waals surface area contributed by atoms with E-state index < -0.39 is 36.4 Å². The quantitative estimate of drug-likeness (QED) is 0.575. The Kier molecular flexibility index (Phi) is 8.32. The van der Waals surface area contributed by atoms with Crippen molar-refractivity contribution in [1.29, 1.82) is 0 Å². The zero-order valence-electron chi connectivity index (χ0n) is 19.2. The van der Waals surface area contributed by atoms with Gasteiger partial charge in [0.25, 0.3) is 5.89 Å². The molecule has 11 heteroatoms. The fraction of sp³-hybridized carbons (Fsp3) is 0.478. The van der Waals surface area contributed by atoms with Crippen LogP contribution in [-0.4, -0.2) is 71.3 Å². The number of rotatable bonds is 9. The molecule has 1 fully saturated rings. The molecule has 0 spiro atoms. The minimum absolute atomic E-state index is 0.126. The number of carbonyl (C=O) groups excluding carboxylic acids is 2. The molecular formula is C23H29F2N5O4. The van der Waals surface area contributed by atoms with E-state index in [2.05, 4.69) is 27.4 Å². The van der Waals surface area contributed by atoms with Gasteiger partial charge in [0.05, 0.1) is 19.3 Å². The Bertz CT molecular complexity index is 987. The third kappa shape index (κ3) is 6.83. The summed E-state index contributed by atoms with van der Waals surface area (Å²) in [4.78, 5) is 31.3. The highest BCUT2D eigenvalue weighted by molar-refractivity contribution is 5.88. The van der Waals surface area contributed by atoms with E-state index >= 15 is 0 Å². The maximum atomic E-state index is 13.8. The van der Waals surface area contributed by atoms with Crippen LogP contribution < -0.4 is 10.6 Å². The second-order valence-electron chi connectivity index (χ2n) is 8.16. The van der Waals surface area contributed by atoms with E-state index in [0.29, 0.717) is 51.0 Å². The van der Waals surface area contributed by atoms with E-state index in [1.807, 2.05) is 30.3 Å². The smallest absolute Gasteiger partial charge is 0.318 e. The van der Waals surface area contributed by atoms with E-state index in [1.54, 1.807) is 6.92 Å². The van der Waals surface area contributed by atoms with E-state index in [1.165, 1.54) is 4.90 Å². The van der Waals surface area contributed by atoms with Crippen molar-refractivity contribution in [3.05, 3.63) is 42.8 Å². The third-order valence-electron chi connectivity index (χ3n) is 5.35. The predicted octanol–water partition coefficient (Wildman–Crippen LogP) is 3.10. The Morgan fingerprint density at radius 1 is 1.18 bits per heavy atom. The molecule has 1 aromatic carbocycles. The molecule has 2 N–H and O–H groups in total. The molecule has 1 aliphatic heterocycles. The van der Waals surface area contributed by atoms with E-state index in [9.17, 15) is 18.4 Å². The Hall–Kier alpha value is -3.34. The van der Waals surface area contributed by atoms with Crippen molar-refractivity contribution >= 4 is 17.5 Å². The lowest BCUT2D eigenvalue weighted by molar-refractivity contribution is -0.125. The summed E-state index contributed by atoms with van der Waals surface area (Å²) < 4.78 is 38.1.